The van der Waals surface area contributed by atoms with Crippen LogP contribution in [0.1, 0.15) is 49.3 Å². The zero-order valence-corrected chi connectivity index (χ0v) is 11.1. The van der Waals surface area contributed by atoms with E-state index in [1.54, 1.807) is 0 Å². The molecule has 0 spiro atoms. The van der Waals surface area contributed by atoms with Crippen molar-refractivity contribution >= 4 is 5.97 Å². The lowest BCUT2D eigenvalue weighted by atomic mass is 9.81. The number of esters is 1. The lowest BCUT2D eigenvalue weighted by Gasteiger charge is -2.30. The van der Waals surface area contributed by atoms with E-state index in [2.05, 4.69) is 41.2 Å². The Hall–Kier alpha value is -1.35. The van der Waals surface area contributed by atoms with Crippen LogP contribution in [0.5, 0.6) is 0 Å². The van der Waals surface area contributed by atoms with Crippen LogP contribution < -0.4 is 5.32 Å². The number of nitrogens with one attached hydrogen (secondary N) is 1. The van der Waals surface area contributed by atoms with Gasteiger partial charge >= 0.3 is 5.97 Å². The lowest BCUT2D eigenvalue weighted by molar-refractivity contribution is -0.140. The molecule has 1 aromatic carbocycles. The van der Waals surface area contributed by atoms with Gasteiger partial charge in [-0.15, -0.1) is 0 Å². The quantitative estimate of drug-likeness (QED) is 0.831. The van der Waals surface area contributed by atoms with Gasteiger partial charge in [0, 0.05) is 12.6 Å². The predicted octanol–water partition coefficient (Wildman–Crippen LogP) is 2.78. The van der Waals surface area contributed by atoms with Crippen molar-refractivity contribution in [2.24, 2.45) is 0 Å². The van der Waals surface area contributed by atoms with Crippen LogP contribution in [0.15, 0.2) is 24.3 Å². The smallest absolute Gasteiger partial charge is 0.306 e. The van der Waals surface area contributed by atoms with E-state index >= 15 is 0 Å². The summed E-state index contributed by atoms with van der Waals surface area (Å²) in [5, 5.41) is 3.46. The van der Waals surface area contributed by atoms with E-state index in [1.807, 2.05) is 0 Å². The summed E-state index contributed by atoms with van der Waals surface area (Å²) in [6.45, 7) is 2.96. The molecule has 1 aliphatic rings. The van der Waals surface area contributed by atoms with E-state index in [1.165, 1.54) is 24.7 Å². The third-order valence-electron chi connectivity index (χ3n) is 3.74. The topological polar surface area (TPSA) is 38.3 Å². The SMILES string of the molecule is COC(=O)CCNC1CCC(C)c2ccccc21. The Morgan fingerprint density at radius 1 is 1.33 bits per heavy atom. The third-order valence-corrected chi connectivity index (χ3v) is 3.74. The molecule has 0 saturated carbocycles. The summed E-state index contributed by atoms with van der Waals surface area (Å²) in [5.41, 5.74) is 2.83. The first-order valence-electron chi connectivity index (χ1n) is 6.61. The summed E-state index contributed by atoms with van der Waals surface area (Å²) in [6, 6.07) is 8.98. The lowest BCUT2D eigenvalue weighted by Crippen LogP contribution is -2.28. The van der Waals surface area contributed by atoms with Gasteiger partial charge < -0.3 is 10.1 Å². The molecule has 2 rings (SSSR count). The minimum atomic E-state index is -0.153. The fraction of sp³-hybridized carbons (Fsp3) is 0.533. The van der Waals surface area contributed by atoms with Crippen molar-refractivity contribution in [2.45, 2.75) is 38.1 Å². The molecule has 18 heavy (non-hydrogen) atoms. The van der Waals surface area contributed by atoms with E-state index in [9.17, 15) is 4.79 Å². The van der Waals surface area contributed by atoms with Gasteiger partial charge in [-0.3, -0.25) is 4.79 Å². The number of methoxy groups -OCH3 is 1. The van der Waals surface area contributed by atoms with E-state index < -0.39 is 0 Å². The van der Waals surface area contributed by atoms with Crippen LogP contribution in [0.25, 0.3) is 0 Å². The summed E-state index contributed by atoms with van der Waals surface area (Å²) in [4.78, 5) is 11.1. The van der Waals surface area contributed by atoms with Crippen LogP contribution in [0.3, 0.4) is 0 Å². The molecule has 0 radical (unpaired) electrons. The van der Waals surface area contributed by atoms with Crippen molar-refractivity contribution < 1.29 is 9.53 Å². The molecule has 1 N–H and O–H groups in total. The van der Waals surface area contributed by atoms with Gasteiger partial charge in [-0.2, -0.15) is 0 Å². The Labute approximate surface area is 109 Å². The van der Waals surface area contributed by atoms with E-state index in [0.717, 1.165) is 6.42 Å². The van der Waals surface area contributed by atoms with E-state index in [0.29, 0.717) is 24.9 Å². The number of carbonyl (C=O) groups excluding carboxylic acids is 1. The number of ether oxygens (including phenoxy) is 1. The Morgan fingerprint density at radius 3 is 2.78 bits per heavy atom. The molecule has 3 nitrogen and oxygen atoms in total. The summed E-state index contributed by atoms with van der Waals surface area (Å²) in [6.07, 6.45) is 2.77. The Balaban J connectivity index is 1.98. The second-order valence-corrected chi connectivity index (χ2v) is 4.94. The second-order valence-electron chi connectivity index (χ2n) is 4.94. The summed E-state index contributed by atoms with van der Waals surface area (Å²) >= 11 is 0. The largest absolute Gasteiger partial charge is 0.469 e. The average Bonchev–Trinajstić information content (AvgIpc) is 2.41. The standard InChI is InChI=1S/C15H21NO2/c1-11-7-8-14(16-10-9-15(17)18-2)13-6-4-3-5-12(11)13/h3-6,11,14,16H,7-10H2,1-2H3. The molecule has 0 heterocycles. The number of hydrogen-bond donors (Lipinski definition) is 1. The van der Waals surface area contributed by atoms with Crippen molar-refractivity contribution in [3.8, 4) is 0 Å². The number of fused-ring (bicyclic) bond motifs is 1. The molecular weight excluding hydrogens is 226 g/mol. The van der Waals surface area contributed by atoms with Crippen LogP contribution in [-0.2, 0) is 9.53 Å². The Morgan fingerprint density at radius 2 is 2.06 bits per heavy atom. The molecule has 0 aromatic heterocycles. The molecular formula is C15H21NO2. The van der Waals surface area contributed by atoms with Gasteiger partial charge in [0.25, 0.3) is 0 Å². The molecule has 0 bridgehead atoms. The molecule has 0 saturated heterocycles. The van der Waals surface area contributed by atoms with Crippen LogP contribution in [0.2, 0.25) is 0 Å². The van der Waals surface area contributed by atoms with Crippen LogP contribution >= 0.6 is 0 Å². The molecule has 2 atom stereocenters. The van der Waals surface area contributed by atoms with Gasteiger partial charge in [0.1, 0.15) is 0 Å². The fourth-order valence-corrected chi connectivity index (χ4v) is 2.67. The minimum absolute atomic E-state index is 0.153. The molecule has 1 aromatic rings. The molecule has 0 aliphatic heterocycles. The summed E-state index contributed by atoms with van der Waals surface area (Å²) < 4.78 is 4.65. The molecule has 0 fully saturated rings. The fourth-order valence-electron chi connectivity index (χ4n) is 2.67. The monoisotopic (exact) mass is 247 g/mol. The Kier molecular flexibility index (Phi) is 4.37. The number of benzene rings is 1. The number of hydrogen-bond acceptors (Lipinski definition) is 3. The average molecular weight is 247 g/mol. The van der Waals surface area contributed by atoms with E-state index in [-0.39, 0.29) is 5.97 Å². The van der Waals surface area contributed by atoms with Crippen LogP contribution in [0, 0.1) is 0 Å². The minimum Gasteiger partial charge on any atom is -0.469 e. The van der Waals surface area contributed by atoms with Crippen molar-refractivity contribution in [3.63, 3.8) is 0 Å². The van der Waals surface area contributed by atoms with Crippen molar-refractivity contribution in [3.05, 3.63) is 35.4 Å². The van der Waals surface area contributed by atoms with Gasteiger partial charge in [-0.1, -0.05) is 31.2 Å². The third kappa shape index (κ3) is 2.91. The van der Waals surface area contributed by atoms with Gasteiger partial charge in [-0.05, 0) is 29.9 Å². The van der Waals surface area contributed by atoms with Gasteiger partial charge in [0.2, 0.25) is 0 Å². The molecule has 1 aliphatic carbocycles. The van der Waals surface area contributed by atoms with Crippen LogP contribution in [-0.4, -0.2) is 19.6 Å². The highest BCUT2D eigenvalue weighted by Gasteiger charge is 2.23. The Bertz CT molecular complexity index is 417. The van der Waals surface area contributed by atoms with Gasteiger partial charge in [0.05, 0.1) is 13.5 Å². The number of carbonyl (C=O) groups is 1. The molecule has 2 unspecified atom stereocenters. The van der Waals surface area contributed by atoms with Gasteiger partial charge in [-0.25, -0.2) is 0 Å². The highest BCUT2D eigenvalue weighted by Crippen LogP contribution is 2.36. The maximum absolute atomic E-state index is 11.1. The summed E-state index contributed by atoms with van der Waals surface area (Å²) in [7, 11) is 1.43. The predicted molar refractivity (Wildman–Crippen MR) is 71.5 cm³/mol. The highest BCUT2D eigenvalue weighted by atomic mass is 16.5. The first kappa shape index (κ1) is 13.1. The van der Waals surface area contributed by atoms with E-state index in [4.69, 9.17) is 0 Å². The zero-order valence-electron chi connectivity index (χ0n) is 11.1. The number of rotatable bonds is 4. The van der Waals surface area contributed by atoms with Crippen molar-refractivity contribution in [2.75, 3.05) is 13.7 Å². The van der Waals surface area contributed by atoms with Crippen molar-refractivity contribution in [1.29, 1.82) is 0 Å². The first-order chi connectivity index (χ1) is 8.72. The normalized spacial score (nSPS) is 22.3. The molecule has 3 heteroatoms. The zero-order chi connectivity index (χ0) is 13.0. The van der Waals surface area contributed by atoms with Crippen molar-refractivity contribution in [1.82, 2.24) is 5.32 Å². The molecule has 0 amide bonds. The summed E-state index contributed by atoms with van der Waals surface area (Å²) in [5.74, 6) is 0.486. The molecule has 98 valence electrons. The highest BCUT2D eigenvalue weighted by molar-refractivity contribution is 5.69. The maximum atomic E-state index is 11.1. The van der Waals surface area contributed by atoms with Crippen LogP contribution in [0.4, 0.5) is 0 Å². The second kappa shape index (κ2) is 6.01. The maximum Gasteiger partial charge on any atom is 0.306 e. The van der Waals surface area contributed by atoms with Gasteiger partial charge in [0.15, 0.2) is 0 Å². The first-order valence-corrected chi connectivity index (χ1v) is 6.61.